The number of carboxylic acid groups (broad SMARTS) is 1. The van der Waals surface area contributed by atoms with Crippen molar-refractivity contribution in [2.45, 2.75) is 12.5 Å². The number of carboxylic acids is 1. The number of carbonyl (C=O) groups excluding carboxylic acids is 1. The zero-order valence-corrected chi connectivity index (χ0v) is 11.2. The molecule has 6 heteroatoms. The zero-order chi connectivity index (χ0) is 14.3. The van der Waals surface area contributed by atoms with E-state index in [0.29, 0.717) is 5.56 Å². The van der Waals surface area contributed by atoms with E-state index in [4.69, 9.17) is 5.26 Å². The van der Waals surface area contributed by atoms with Gasteiger partial charge in [0, 0.05) is 0 Å². The Morgan fingerprint density at radius 3 is 2.58 bits per heavy atom. The molecular formula is C13H14N2O3S. The molecule has 0 aliphatic carbocycles. The second-order valence-corrected chi connectivity index (χ2v) is 4.98. The third kappa shape index (κ3) is 4.00. The Morgan fingerprint density at radius 2 is 2.05 bits per heavy atom. The number of amides is 1. The number of aliphatic carboxylic acids is 1. The molecule has 100 valence electrons. The molecule has 2 N–H and O–H groups in total. The van der Waals surface area contributed by atoms with Gasteiger partial charge in [-0.2, -0.15) is 5.26 Å². The van der Waals surface area contributed by atoms with Gasteiger partial charge in [-0.3, -0.25) is 4.79 Å². The van der Waals surface area contributed by atoms with Crippen molar-refractivity contribution in [3.63, 3.8) is 0 Å². The summed E-state index contributed by atoms with van der Waals surface area (Å²) in [4.78, 5) is 23.1. The second-order valence-electron chi connectivity index (χ2n) is 4.00. The molecule has 0 aliphatic heterocycles. The predicted octanol–water partition coefficient (Wildman–Crippen LogP) is 1.36. The van der Waals surface area contributed by atoms with Crippen molar-refractivity contribution in [1.29, 1.82) is 5.26 Å². The lowest BCUT2D eigenvalue weighted by Gasteiger charge is -2.26. The van der Waals surface area contributed by atoms with Gasteiger partial charge >= 0.3 is 5.97 Å². The Balaban J connectivity index is 2.82. The van der Waals surface area contributed by atoms with Crippen LogP contribution in [0.1, 0.15) is 12.5 Å². The maximum Gasteiger partial charge on any atom is 0.333 e. The maximum absolute atomic E-state index is 11.7. The zero-order valence-electron chi connectivity index (χ0n) is 10.4. The van der Waals surface area contributed by atoms with E-state index in [-0.39, 0.29) is 11.5 Å². The van der Waals surface area contributed by atoms with E-state index >= 15 is 0 Å². The molecule has 1 aromatic carbocycles. The van der Waals surface area contributed by atoms with E-state index in [2.05, 4.69) is 5.32 Å². The molecule has 0 spiro atoms. The van der Waals surface area contributed by atoms with Crippen LogP contribution in [0.25, 0.3) is 0 Å². The first-order valence-electron chi connectivity index (χ1n) is 5.55. The topological polar surface area (TPSA) is 90.2 Å². The standard InChI is InChI=1S/C13H14N2O3S/c1-13(12(17)18,10-5-3-2-4-6-10)15-11(16)9-19-8-7-14/h2-6H,8-9H2,1H3,(H,15,16)(H,17,18). The Labute approximate surface area is 115 Å². The van der Waals surface area contributed by atoms with Crippen molar-refractivity contribution in [3.8, 4) is 6.07 Å². The minimum Gasteiger partial charge on any atom is -0.479 e. The van der Waals surface area contributed by atoms with E-state index in [0.717, 1.165) is 11.8 Å². The highest BCUT2D eigenvalue weighted by atomic mass is 32.2. The highest BCUT2D eigenvalue weighted by Crippen LogP contribution is 2.21. The lowest BCUT2D eigenvalue weighted by Crippen LogP contribution is -2.50. The van der Waals surface area contributed by atoms with Crippen LogP contribution in [-0.2, 0) is 15.1 Å². The molecule has 1 atom stereocenters. The fraction of sp³-hybridized carbons (Fsp3) is 0.308. The van der Waals surface area contributed by atoms with Gasteiger partial charge in [-0.05, 0) is 12.5 Å². The Morgan fingerprint density at radius 1 is 1.42 bits per heavy atom. The number of nitrogens with one attached hydrogen (secondary N) is 1. The molecular weight excluding hydrogens is 264 g/mol. The minimum absolute atomic E-state index is 0.0588. The average Bonchev–Trinajstić information content (AvgIpc) is 2.39. The van der Waals surface area contributed by atoms with Crippen molar-refractivity contribution in [2.24, 2.45) is 0 Å². The van der Waals surface area contributed by atoms with E-state index in [9.17, 15) is 14.7 Å². The molecule has 0 aliphatic rings. The van der Waals surface area contributed by atoms with Crippen LogP contribution in [-0.4, -0.2) is 28.5 Å². The number of rotatable bonds is 6. The maximum atomic E-state index is 11.7. The van der Waals surface area contributed by atoms with Crippen LogP contribution in [0.4, 0.5) is 0 Å². The molecule has 0 saturated carbocycles. The van der Waals surface area contributed by atoms with Crippen LogP contribution >= 0.6 is 11.8 Å². The van der Waals surface area contributed by atoms with Gasteiger partial charge in [0.25, 0.3) is 0 Å². The van der Waals surface area contributed by atoms with Crippen LogP contribution in [0, 0.1) is 11.3 Å². The van der Waals surface area contributed by atoms with Crippen LogP contribution < -0.4 is 5.32 Å². The quantitative estimate of drug-likeness (QED) is 0.767. The summed E-state index contributed by atoms with van der Waals surface area (Å²) >= 11 is 1.14. The number of thioether (sulfide) groups is 1. The highest BCUT2D eigenvalue weighted by Gasteiger charge is 2.36. The van der Waals surface area contributed by atoms with Crippen molar-refractivity contribution < 1.29 is 14.7 Å². The third-order valence-electron chi connectivity index (χ3n) is 2.57. The Kier molecular flexibility index (Phi) is 5.39. The lowest BCUT2D eigenvalue weighted by molar-refractivity contribution is -0.147. The van der Waals surface area contributed by atoms with Crippen molar-refractivity contribution in [3.05, 3.63) is 35.9 Å². The van der Waals surface area contributed by atoms with E-state index in [1.54, 1.807) is 30.3 Å². The molecule has 0 heterocycles. The smallest absolute Gasteiger partial charge is 0.333 e. The summed E-state index contributed by atoms with van der Waals surface area (Å²) in [6.07, 6.45) is 0. The summed E-state index contributed by atoms with van der Waals surface area (Å²) in [5.74, 6) is -1.28. The van der Waals surface area contributed by atoms with Gasteiger partial charge in [0.2, 0.25) is 5.91 Å². The summed E-state index contributed by atoms with van der Waals surface area (Å²) in [6.45, 7) is 1.44. The molecule has 0 saturated heterocycles. The van der Waals surface area contributed by atoms with Gasteiger partial charge in [-0.1, -0.05) is 30.3 Å². The van der Waals surface area contributed by atoms with Gasteiger partial charge in [0.05, 0.1) is 17.6 Å². The fourth-order valence-electron chi connectivity index (χ4n) is 1.52. The summed E-state index contributed by atoms with van der Waals surface area (Å²) in [6, 6.07) is 10.4. The second kappa shape index (κ2) is 6.81. The van der Waals surface area contributed by atoms with Gasteiger partial charge < -0.3 is 10.4 Å². The highest BCUT2D eigenvalue weighted by molar-refractivity contribution is 8.00. The van der Waals surface area contributed by atoms with Gasteiger partial charge in [0.1, 0.15) is 0 Å². The van der Waals surface area contributed by atoms with Crippen molar-refractivity contribution >= 4 is 23.6 Å². The van der Waals surface area contributed by atoms with Crippen LogP contribution in [0.5, 0.6) is 0 Å². The Hall–Kier alpha value is -2.00. The molecule has 19 heavy (non-hydrogen) atoms. The first-order chi connectivity index (χ1) is 9.00. The summed E-state index contributed by atoms with van der Waals surface area (Å²) in [5.41, 5.74) is -0.966. The Bertz CT molecular complexity index is 498. The van der Waals surface area contributed by atoms with E-state index < -0.39 is 17.4 Å². The van der Waals surface area contributed by atoms with Gasteiger partial charge in [0.15, 0.2) is 5.54 Å². The molecule has 0 bridgehead atoms. The molecule has 0 fully saturated rings. The largest absolute Gasteiger partial charge is 0.479 e. The average molecular weight is 278 g/mol. The van der Waals surface area contributed by atoms with Crippen LogP contribution in [0.15, 0.2) is 30.3 Å². The monoisotopic (exact) mass is 278 g/mol. The molecule has 0 radical (unpaired) electrons. The molecule has 1 rings (SSSR count). The summed E-state index contributed by atoms with van der Waals surface area (Å²) in [5, 5.41) is 20.2. The number of hydrogen-bond acceptors (Lipinski definition) is 4. The number of hydrogen-bond donors (Lipinski definition) is 2. The molecule has 5 nitrogen and oxygen atoms in total. The fourth-order valence-corrected chi connectivity index (χ4v) is 1.98. The van der Waals surface area contributed by atoms with Gasteiger partial charge in [-0.25, -0.2) is 4.79 Å². The number of nitrogens with zero attached hydrogens (tertiary/aromatic N) is 1. The van der Waals surface area contributed by atoms with E-state index in [1.165, 1.54) is 6.92 Å². The van der Waals surface area contributed by atoms with Gasteiger partial charge in [-0.15, -0.1) is 11.8 Å². The minimum atomic E-state index is -1.47. The predicted molar refractivity (Wildman–Crippen MR) is 72.5 cm³/mol. The first kappa shape index (κ1) is 15.1. The number of benzene rings is 1. The normalized spacial score (nSPS) is 13.1. The van der Waals surface area contributed by atoms with Crippen molar-refractivity contribution in [2.75, 3.05) is 11.5 Å². The molecule has 1 aromatic rings. The lowest BCUT2D eigenvalue weighted by atomic mass is 9.92. The molecule has 1 unspecified atom stereocenters. The summed E-state index contributed by atoms with van der Waals surface area (Å²) < 4.78 is 0. The first-order valence-corrected chi connectivity index (χ1v) is 6.71. The van der Waals surface area contributed by atoms with Crippen LogP contribution in [0.3, 0.4) is 0 Å². The van der Waals surface area contributed by atoms with Crippen molar-refractivity contribution in [1.82, 2.24) is 5.32 Å². The van der Waals surface area contributed by atoms with Crippen LogP contribution in [0.2, 0.25) is 0 Å². The third-order valence-corrected chi connectivity index (χ3v) is 3.37. The van der Waals surface area contributed by atoms with E-state index in [1.807, 2.05) is 6.07 Å². The SMILES string of the molecule is CC(NC(=O)CSCC#N)(C(=O)O)c1ccccc1. The number of nitriles is 1. The molecule has 1 amide bonds. The number of carbonyl (C=O) groups is 2. The summed E-state index contributed by atoms with van der Waals surface area (Å²) in [7, 11) is 0. The molecule has 0 aromatic heterocycles.